The highest BCUT2D eigenvalue weighted by Crippen LogP contribution is 2.56. The summed E-state index contributed by atoms with van der Waals surface area (Å²) in [4.78, 5) is 75.3. The molecule has 18 heteroatoms. The Morgan fingerprint density at radius 3 is 0.948 bits per heavy atom. The molecule has 0 saturated heterocycles. The van der Waals surface area contributed by atoms with Crippen molar-refractivity contribution in [2.75, 3.05) is 52.6 Å². The van der Waals surface area contributed by atoms with Crippen LogP contribution in [0, 0.1) is 11.8 Å². The van der Waals surface area contributed by atoms with Crippen LogP contribution in [-0.2, 0) is 51.0 Å². The van der Waals surface area contributed by atoms with E-state index in [1.807, 2.05) is 67.5 Å². The van der Waals surface area contributed by atoms with Gasteiger partial charge in [-0.15, -0.1) is 68.0 Å². The van der Waals surface area contributed by atoms with Crippen molar-refractivity contribution < 1.29 is 38.1 Å². The quantitative estimate of drug-likeness (QED) is 0.0346. The van der Waals surface area contributed by atoms with Crippen molar-refractivity contribution in [3.05, 3.63) is 92.0 Å². The Hall–Kier alpha value is -4.86. The first-order valence-electron chi connectivity index (χ1n) is 46.4. The lowest BCUT2D eigenvalue weighted by Gasteiger charge is -2.27. The minimum absolute atomic E-state index is 0.104. The van der Waals surface area contributed by atoms with Gasteiger partial charge in [-0.25, -0.2) is 0 Å². The summed E-state index contributed by atoms with van der Waals surface area (Å²) in [7, 11) is 0. The lowest BCUT2D eigenvalue weighted by atomic mass is 9.86. The fourth-order valence-electron chi connectivity index (χ4n) is 17.6. The van der Waals surface area contributed by atoms with Crippen LogP contribution in [0.2, 0.25) is 0 Å². The van der Waals surface area contributed by atoms with Gasteiger partial charge in [0.25, 0.3) is 23.6 Å². The molecule has 638 valence electrons. The number of hydrogen-bond acceptors (Lipinski definition) is 14. The summed E-state index contributed by atoms with van der Waals surface area (Å²) in [6.07, 6.45) is 44.2. The third-order valence-electron chi connectivity index (χ3n) is 24.6. The number of fused-ring (bicyclic) bond motifs is 8. The van der Waals surface area contributed by atoms with Gasteiger partial charge in [0, 0.05) is 87.9 Å². The van der Waals surface area contributed by atoms with E-state index in [1.54, 1.807) is 32.5 Å². The largest absolute Gasteiger partial charge is 0.376 e. The number of amides is 4. The maximum absolute atomic E-state index is 15.3. The van der Waals surface area contributed by atoms with Gasteiger partial charge >= 0.3 is 0 Å². The third-order valence-corrected chi connectivity index (χ3v) is 32.2. The maximum Gasteiger partial charge on any atom is 0.260 e. The van der Waals surface area contributed by atoms with Gasteiger partial charge in [0.05, 0.1) is 103 Å². The van der Waals surface area contributed by atoms with Gasteiger partial charge in [0.2, 0.25) is 0 Å². The van der Waals surface area contributed by atoms with Crippen molar-refractivity contribution in [1.29, 1.82) is 0 Å². The number of unbranched alkanes of at least 4 members (excludes halogenated alkanes) is 18. The van der Waals surface area contributed by atoms with Crippen molar-refractivity contribution in [1.82, 2.24) is 19.6 Å². The molecule has 7 aromatic rings. The van der Waals surface area contributed by atoms with Crippen LogP contribution in [0.15, 0.2) is 71.1 Å². The molecular formula is C98H142N4O8S6. The van der Waals surface area contributed by atoms with Crippen LogP contribution in [-0.4, -0.2) is 120 Å². The van der Waals surface area contributed by atoms with Crippen LogP contribution < -0.4 is 0 Å². The zero-order valence-corrected chi connectivity index (χ0v) is 78.0. The fraction of sp³-hybridized carbons (Fsp3) is 0.653. The predicted octanol–water partition coefficient (Wildman–Crippen LogP) is 28.7. The molecule has 10 heterocycles. The summed E-state index contributed by atoms with van der Waals surface area (Å²) in [5.41, 5.74) is 6.55. The molecule has 4 aliphatic heterocycles. The molecule has 1 aromatic carbocycles. The highest BCUT2D eigenvalue weighted by Gasteiger charge is 2.48. The molecule has 4 amide bonds. The molecule has 0 saturated carbocycles. The Morgan fingerprint density at radius 1 is 0.310 bits per heavy atom. The van der Waals surface area contributed by atoms with E-state index in [0.717, 1.165) is 211 Å². The minimum atomic E-state index is -0.149. The summed E-state index contributed by atoms with van der Waals surface area (Å²) in [5.74, 6) is 0.659. The van der Waals surface area contributed by atoms with Crippen molar-refractivity contribution in [2.24, 2.45) is 11.8 Å². The van der Waals surface area contributed by atoms with Crippen LogP contribution in [0.25, 0.3) is 69.9 Å². The first kappa shape index (κ1) is 91.9. The van der Waals surface area contributed by atoms with Crippen LogP contribution >= 0.6 is 68.0 Å². The zero-order valence-electron chi connectivity index (χ0n) is 73.1. The van der Waals surface area contributed by atoms with Gasteiger partial charge in [-0.2, -0.15) is 0 Å². The van der Waals surface area contributed by atoms with E-state index in [2.05, 4.69) is 119 Å². The molecule has 6 atom stereocenters. The van der Waals surface area contributed by atoms with Gasteiger partial charge in [0.1, 0.15) is 0 Å². The van der Waals surface area contributed by atoms with Gasteiger partial charge in [0.15, 0.2) is 0 Å². The molecule has 0 fully saturated rings. The molecule has 6 aromatic heterocycles. The summed E-state index contributed by atoms with van der Waals surface area (Å²) >= 11 is 11.3. The third kappa shape index (κ3) is 22.7. The number of benzene rings is 1. The monoisotopic (exact) mass is 1690 g/mol. The smallest absolute Gasteiger partial charge is 0.260 e. The molecule has 12 nitrogen and oxygen atoms in total. The topological polar surface area (TPSA) is 118 Å². The Balaban J connectivity index is 1.00. The lowest BCUT2D eigenvalue weighted by molar-refractivity contribution is -0.126. The lowest BCUT2D eigenvalue weighted by Crippen LogP contribution is -2.36. The molecule has 0 aliphatic carbocycles. The number of nitrogens with zero attached hydrogens (tertiary/aromatic N) is 4. The molecule has 6 unspecified atom stereocenters. The van der Waals surface area contributed by atoms with E-state index in [1.165, 1.54) is 124 Å². The number of rotatable bonds is 60. The second-order valence-electron chi connectivity index (χ2n) is 33.8. The molecule has 116 heavy (non-hydrogen) atoms. The molecule has 0 N–H and O–H groups in total. The summed E-state index contributed by atoms with van der Waals surface area (Å²) < 4.78 is 34.9. The molecular weight excluding hydrogens is 1550 g/mol. The molecule has 0 bridgehead atoms. The Bertz CT molecular complexity index is 4160. The van der Waals surface area contributed by atoms with Crippen molar-refractivity contribution in [3.8, 4) is 19.5 Å². The van der Waals surface area contributed by atoms with E-state index in [0.29, 0.717) is 86.7 Å². The summed E-state index contributed by atoms with van der Waals surface area (Å²) in [5, 5.41) is 2.92. The van der Waals surface area contributed by atoms with Gasteiger partial charge in [-0.05, 0) is 124 Å². The van der Waals surface area contributed by atoms with Crippen molar-refractivity contribution in [2.45, 2.75) is 351 Å². The molecule has 4 aliphatic rings. The summed E-state index contributed by atoms with van der Waals surface area (Å²) in [6, 6.07) is 13.8. The zero-order chi connectivity index (χ0) is 82.0. The van der Waals surface area contributed by atoms with E-state index >= 15 is 19.2 Å². The Labute approximate surface area is 721 Å². The number of carbonyl (C=O) groups excluding carboxylic acids is 4. The first-order valence-corrected chi connectivity index (χ1v) is 51.3. The van der Waals surface area contributed by atoms with E-state index in [4.69, 9.17) is 18.9 Å². The summed E-state index contributed by atoms with van der Waals surface area (Å²) in [6.45, 7) is 31.5. The second kappa shape index (κ2) is 47.0. The molecule has 0 spiro atoms. The number of hydrogen-bond donors (Lipinski definition) is 0. The normalized spacial score (nSPS) is 16.3. The van der Waals surface area contributed by atoms with E-state index in [-0.39, 0.29) is 48.0 Å². The van der Waals surface area contributed by atoms with Crippen molar-refractivity contribution in [3.63, 3.8) is 0 Å². The predicted molar refractivity (Wildman–Crippen MR) is 499 cm³/mol. The van der Waals surface area contributed by atoms with Crippen molar-refractivity contribution >= 4 is 142 Å². The van der Waals surface area contributed by atoms with E-state index < -0.39 is 0 Å². The standard InChI is InChI=1S/C98H142N4O8S6/c1-13-25-35-39-45-69(107-53-31-19-7)61-99-65-75-85(97(99)105)89(101(95(75)103)63-71(109-55-33-21-9)47-41-37-27-15-3)79-51-49-77(111-79)81-59-83-93(113-81)87-73(57-67(23-11)43-29-17-5)92-88(74(91(87)115-83)58-68(24-12)44-30-18-6)94-84(116-92)60-82(114-94)78-50-52-80(112-78)90-86-76(96(104)102(90)64-72(110-56-34-22-10)48-42-38-28-16-4)66-100(98(86)106)62-70(108-54-32-20-8)46-40-36-26-14-2/h49-52,59-60,65-72H,13-48,53-58,61-64H2,1-12H3. The average molecular weight is 1700 g/mol. The van der Waals surface area contributed by atoms with Crippen LogP contribution in [0.3, 0.4) is 0 Å². The molecule has 0 radical (unpaired) electrons. The second-order valence-corrected chi connectivity index (χ2v) is 40.2. The maximum atomic E-state index is 15.3. The van der Waals surface area contributed by atoms with Gasteiger partial charge < -0.3 is 38.5 Å². The van der Waals surface area contributed by atoms with E-state index in [9.17, 15) is 0 Å². The number of carbonyl (C=O) groups is 4. The first-order chi connectivity index (χ1) is 56.7. The average Bonchev–Trinajstić information content (AvgIpc) is 1.52. The van der Waals surface area contributed by atoms with Gasteiger partial charge in [-0.3, -0.25) is 19.2 Å². The fourth-order valence-corrected chi connectivity index (χ4v) is 25.3. The SMILES string of the molecule is CCCCCCC(CN1C=C2C(=O)N(CC(CCCCCC)OCCCC)C(c3ccc(-c4cc5sc6c(CC(CC)CCCC)c7c(sc8cc(-c9ccc(C%10=C%11C(=O)N(CC(CCCCCC)OCCCC)C=C%11C(=O)N%10CC(CCCCCC)OCCCC)s9)sc87)c(CC(CC)CCCC)c6c5s4)s3)=C2C1=O)OCCCC. The Kier molecular flexibility index (Phi) is 37.2. The number of thiophene rings is 6. The van der Waals surface area contributed by atoms with Gasteiger partial charge in [-0.1, -0.05) is 263 Å². The van der Waals surface area contributed by atoms with Crippen LogP contribution in [0.5, 0.6) is 0 Å². The van der Waals surface area contributed by atoms with Crippen LogP contribution in [0.1, 0.15) is 335 Å². The highest BCUT2D eigenvalue weighted by atomic mass is 32.1. The molecule has 11 rings (SSSR count). The number of ether oxygens (including phenoxy) is 4. The van der Waals surface area contributed by atoms with Crippen LogP contribution in [0.4, 0.5) is 0 Å². The minimum Gasteiger partial charge on any atom is -0.376 e. The highest BCUT2D eigenvalue weighted by molar-refractivity contribution is 7.37. The Morgan fingerprint density at radius 2 is 0.629 bits per heavy atom.